The van der Waals surface area contributed by atoms with Crippen molar-refractivity contribution in [1.82, 2.24) is 4.98 Å². The van der Waals surface area contributed by atoms with E-state index in [-0.39, 0.29) is 5.78 Å². The highest BCUT2D eigenvalue weighted by Crippen LogP contribution is 2.38. The Morgan fingerprint density at radius 1 is 1.48 bits per heavy atom. The van der Waals surface area contributed by atoms with Gasteiger partial charge >= 0.3 is 0 Å². The number of aromatic amines is 1. The molecule has 0 aliphatic rings. The molecule has 0 aliphatic carbocycles. The second kappa shape index (κ2) is 6.73. The SMILES string of the molecule is COC(SC)C(=O)c1[nH]c2cc(Br)c(Cl)cc2c1-c1ccco1. The molecule has 0 fully saturated rings. The van der Waals surface area contributed by atoms with Gasteiger partial charge in [-0.15, -0.1) is 11.8 Å². The van der Waals surface area contributed by atoms with Crippen molar-refractivity contribution >= 4 is 56.0 Å². The maximum Gasteiger partial charge on any atom is 0.218 e. The summed E-state index contributed by atoms with van der Waals surface area (Å²) in [6.07, 6.45) is 3.40. The van der Waals surface area contributed by atoms with Gasteiger partial charge in [0.15, 0.2) is 5.44 Å². The van der Waals surface area contributed by atoms with Gasteiger partial charge in [0.2, 0.25) is 5.78 Å². The van der Waals surface area contributed by atoms with Crippen LogP contribution >= 0.6 is 39.3 Å². The zero-order valence-electron chi connectivity index (χ0n) is 12.4. The molecule has 0 amide bonds. The van der Waals surface area contributed by atoms with Gasteiger partial charge < -0.3 is 14.1 Å². The Bertz CT molecular complexity index is 856. The zero-order valence-corrected chi connectivity index (χ0v) is 15.5. The van der Waals surface area contributed by atoms with E-state index < -0.39 is 5.44 Å². The number of halogens is 2. The molecule has 0 saturated heterocycles. The molecule has 1 unspecified atom stereocenters. The van der Waals surface area contributed by atoms with Gasteiger partial charge in [-0.25, -0.2) is 0 Å². The molecule has 3 aromatic rings. The van der Waals surface area contributed by atoms with E-state index in [9.17, 15) is 4.79 Å². The molecule has 4 nitrogen and oxygen atoms in total. The fourth-order valence-electron chi connectivity index (χ4n) is 2.48. The molecule has 2 aromatic heterocycles. The number of methoxy groups -OCH3 is 1. The second-order valence-electron chi connectivity index (χ2n) is 4.83. The van der Waals surface area contributed by atoms with Gasteiger partial charge in [0, 0.05) is 22.5 Å². The summed E-state index contributed by atoms with van der Waals surface area (Å²) in [5.74, 6) is 0.462. The smallest absolute Gasteiger partial charge is 0.218 e. The van der Waals surface area contributed by atoms with Crippen LogP contribution in [0.3, 0.4) is 0 Å². The number of fused-ring (bicyclic) bond motifs is 1. The molecule has 0 radical (unpaired) electrons. The Hall–Kier alpha value is -1.21. The number of ether oxygens (including phenoxy) is 1. The minimum atomic E-state index is -0.587. The standard InChI is InChI=1S/C16H13BrClNO3S/c1-21-16(23-2)15(20)14-13(12-4-3-5-22-12)8-6-10(18)9(17)7-11(8)19-14/h3-7,16,19H,1-2H3. The van der Waals surface area contributed by atoms with Gasteiger partial charge in [0.05, 0.1) is 22.5 Å². The fourth-order valence-corrected chi connectivity index (χ4v) is 3.51. The van der Waals surface area contributed by atoms with E-state index >= 15 is 0 Å². The summed E-state index contributed by atoms with van der Waals surface area (Å²) in [5, 5.41) is 1.39. The molecule has 1 atom stereocenters. The largest absolute Gasteiger partial charge is 0.464 e. The molecule has 7 heteroatoms. The number of hydrogen-bond acceptors (Lipinski definition) is 4. The van der Waals surface area contributed by atoms with Crippen molar-refractivity contribution in [3.05, 3.63) is 45.7 Å². The summed E-state index contributed by atoms with van der Waals surface area (Å²) >= 11 is 11.0. The van der Waals surface area contributed by atoms with Gasteiger partial charge in [-0.05, 0) is 46.5 Å². The Morgan fingerprint density at radius 2 is 2.26 bits per heavy atom. The fraction of sp³-hybridized carbons (Fsp3) is 0.188. The number of furan rings is 1. The topological polar surface area (TPSA) is 55.2 Å². The second-order valence-corrected chi connectivity index (χ2v) is 6.99. The number of rotatable bonds is 5. The third kappa shape index (κ3) is 2.96. The molecule has 0 aliphatic heterocycles. The first-order valence-electron chi connectivity index (χ1n) is 6.71. The summed E-state index contributed by atoms with van der Waals surface area (Å²) in [6, 6.07) is 7.26. The molecule has 0 saturated carbocycles. The number of nitrogens with one attached hydrogen (secondary N) is 1. The van der Waals surface area contributed by atoms with Gasteiger partial charge in [-0.1, -0.05) is 11.6 Å². The van der Waals surface area contributed by atoms with E-state index in [0.29, 0.717) is 22.0 Å². The Labute approximate surface area is 150 Å². The zero-order chi connectivity index (χ0) is 16.6. The van der Waals surface area contributed by atoms with Crippen molar-refractivity contribution in [2.24, 2.45) is 0 Å². The quantitative estimate of drug-likeness (QED) is 0.451. The first-order valence-corrected chi connectivity index (χ1v) is 9.17. The summed E-state index contributed by atoms with van der Waals surface area (Å²) in [4.78, 5) is 16.0. The van der Waals surface area contributed by atoms with Crippen LogP contribution in [-0.4, -0.2) is 29.6 Å². The maximum atomic E-state index is 12.8. The van der Waals surface area contributed by atoms with E-state index in [1.54, 1.807) is 12.3 Å². The van der Waals surface area contributed by atoms with Crippen LogP contribution in [-0.2, 0) is 4.74 Å². The van der Waals surface area contributed by atoms with Crippen molar-refractivity contribution in [3.63, 3.8) is 0 Å². The summed E-state index contributed by atoms with van der Waals surface area (Å²) in [7, 11) is 1.52. The summed E-state index contributed by atoms with van der Waals surface area (Å²) < 4.78 is 11.5. The van der Waals surface area contributed by atoms with Crippen molar-refractivity contribution < 1.29 is 13.9 Å². The van der Waals surface area contributed by atoms with E-state index in [1.807, 2.05) is 24.5 Å². The van der Waals surface area contributed by atoms with Crippen LogP contribution in [0.4, 0.5) is 0 Å². The molecular formula is C16H13BrClNO3S. The Kier molecular flexibility index (Phi) is 4.87. The lowest BCUT2D eigenvalue weighted by atomic mass is 10.1. The van der Waals surface area contributed by atoms with E-state index in [4.69, 9.17) is 20.8 Å². The molecule has 0 spiro atoms. The lowest BCUT2D eigenvalue weighted by Gasteiger charge is -2.11. The number of benzene rings is 1. The van der Waals surface area contributed by atoms with E-state index in [2.05, 4.69) is 20.9 Å². The van der Waals surface area contributed by atoms with Crippen LogP contribution < -0.4 is 0 Å². The molecule has 0 bridgehead atoms. The van der Waals surface area contributed by atoms with Gasteiger partial charge in [-0.3, -0.25) is 4.79 Å². The number of ketones is 1. The number of carbonyl (C=O) groups excluding carboxylic acids is 1. The molecule has 120 valence electrons. The average molecular weight is 415 g/mol. The number of H-pyrrole nitrogens is 1. The minimum Gasteiger partial charge on any atom is -0.464 e. The Balaban J connectivity index is 2.28. The lowest BCUT2D eigenvalue weighted by Crippen LogP contribution is -2.20. The normalized spacial score (nSPS) is 12.7. The predicted octanol–water partition coefficient (Wildman–Crippen LogP) is 5.36. The highest BCUT2D eigenvalue weighted by molar-refractivity contribution is 9.10. The van der Waals surface area contributed by atoms with Crippen LogP contribution in [0, 0.1) is 0 Å². The monoisotopic (exact) mass is 413 g/mol. The van der Waals surface area contributed by atoms with Gasteiger partial charge in [-0.2, -0.15) is 0 Å². The number of aromatic nitrogens is 1. The molecule has 1 N–H and O–H groups in total. The first kappa shape index (κ1) is 16.6. The van der Waals surface area contributed by atoms with Crippen LogP contribution in [0.2, 0.25) is 5.02 Å². The van der Waals surface area contributed by atoms with Gasteiger partial charge in [0.1, 0.15) is 5.76 Å². The van der Waals surface area contributed by atoms with Crippen LogP contribution in [0.15, 0.2) is 39.4 Å². The van der Waals surface area contributed by atoms with Crippen molar-refractivity contribution in [3.8, 4) is 11.3 Å². The number of thioether (sulfide) groups is 1. The lowest BCUT2D eigenvalue weighted by molar-refractivity contribution is 0.0791. The van der Waals surface area contributed by atoms with E-state index in [0.717, 1.165) is 15.4 Å². The highest BCUT2D eigenvalue weighted by Gasteiger charge is 2.27. The maximum absolute atomic E-state index is 12.8. The van der Waals surface area contributed by atoms with Crippen LogP contribution in [0.25, 0.3) is 22.2 Å². The van der Waals surface area contributed by atoms with E-state index in [1.165, 1.54) is 18.9 Å². The summed E-state index contributed by atoms with van der Waals surface area (Å²) in [5.41, 5.74) is 1.36. The third-order valence-electron chi connectivity index (χ3n) is 3.50. The van der Waals surface area contributed by atoms with Crippen molar-refractivity contribution in [2.45, 2.75) is 5.44 Å². The number of Topliss-reactive ketones (excluding diaryl/α,β-unsaturated/α-hetero) is 1. The molecule has 3 rings (SSSR count). The predicted molar refractivity (Wildman–Crippen MR) is 97.4 cm³/mol. The van der Waals surface area contributed by atoms with Gasteiger partial charge in [0.25, 0.3) is 0 Å². The molecule has 1 aromatic carbocycles. The molecule has 23 heavy (non-hydrogen) atoms. The minimum absolute atomic E-state index is 0.144. The average Bonchev–Trinajstić information content (AvgIpc) is 3.16. The summed E-state index contributed by atoms with van der Waals surface area (Å²) in [6.45, 7) is 0. The molecular weight excluding hydrogens is 402 g/mol. The highest BCUT2D eigenvalue weighted by atomic mass is 79.9. The molecule has 2 heterocycles. The van der Waals surface area contributed by atoms with Crippen molar-refractivity contribution in [1.29, 1.82) is 0 Å². The van der Waals surface area contributed by atoms with Crippen LogP contribution in [0.5, 0.6) is 0 Å². The third-order valence-corrected chi connectivity index (χ3v) is 5.53. The number of carbonyl (C=O) groups is 1. The van der Waals surface area contributed by atoms with Crippen molar-refractivity contribution in [2.75, 3.05) is 13.4 Å². The first-order chi connectivity index (χ1) is 11.1. The Morgan fingerprint density at radius 3 is 2.87 bits per heavy atom. The number of hydrogen-bond donors (Lipinski definition) is 1. The van der Waals surface area contributed by atoms with Crippen LogP contribution in [0.1, 0.15) is 10.5 Å².